The lowest BCUT2D eigenvalue weighted by molar-refractivity contribution is -0.123. The second kappa shape index (κ2) is 5.40. The van der Waals surface area contributed by atoms with Crippen molar-refractivity contribution in [1.29, 1.82) is 0 Å². The van der Waals surface area contributed by atoms with Crippen LogP contribution in [0.5, 0.6) is 5.75 Å². The largest absolute Gasteiger partial charge is 0.497 e. The van der Waals surface area contributed by atoms with E-state index in [0.29, 0.717) is 6.54 Å². The molecular formula is C14H20N2O2. The van der Waals surface area contributed by atoms with Gasteiger partial charge in [-0.1, -0.05) is 12.1 Å². The summed E-state index contributed by atoms with van der Waals surface area (Å²) < 4.78 is 5.10. The van der Waals surface area contributed by atoms with Gasteiger partial charge in [0, 0.05) is 6.54 Å². The first-order valence-electron chi connectivity index (χ1n) is 6.34. The van der Waals surface area contributed by atoms with Crippen molar-refractivity contribution in [3.8, 4) is 5.75 Å². The normalized spacial score (nSPS) is 16.1. The average Bonchev–Trinajstić information content (AvgIpc) is 3.14. The van der Waals surface area contributed by atoms with Crippen molar-refractivity contribution < 1.29 is 9.53 Å². The number of carbonyl (C=O) groups excluding carboxylic acids is 1. The molecule has 0 radical (unpaired) electrons. The number of rotatable bonds is 6. The van der Waals surface area contributed by atoms with Crippen molar-refractivity contribution in [2.75, 3.05) is 13.7 Å². The summed E-state index contributed by atoms with van der Waals surface area (Å²) in [6.07, 6.45) is 3.50. The third kappa shape index (κ3) is 3.23. The number of nitrogens with two attached hydrogens (primary N) is 1. The minimum absolute atomic E-state index is 0.00256. The summed E-state index contributed by atoms with van der Waals surface area (Å²) in [7, 11) is 1.66. The first-order valence-corrected chi connectivity index (χ1v) is 6.34. The molecule has 0 saturated heterocycles. The Morgan fingerprint density at radius 1 is 1.39 bits per heavy atom. The van der Waals surface area contributed by atoms with Gasteiger partial charge in [0.2, 0.25) is 5.91 Å². The van der Waals surface area contributed by atoms with E-state index >= 15 is 0 Å². The predicted octanol–water partition coefficient (Wildman–Crippen LogP) is 1.24. The fourth-order valence-corrected chi connectivity index (χ4v) is 1.82. The highest BCUT2D eigenvalue weighted by Gasteiger charge is 2.45. The van der Waals surface area contributed by atoms with Crippen molar-refractivity contribution >= 4 is 5.91 Å². The molecule has 3 N–H and O–H groups in total. The highest BCUT2D eigenvalue weighted by Crippen LogP contribution is 2.31. The number of aryl methyl sites for hydroxylation is 1. The van der Waals surface area contributed by atoms with Crippen LogP contribution in [0, 0.1) is 0 Å². The summed E-state index contributed by atoms with van der Waals surface area (Å²) in [5, 5.41) is 2.89. The van der Waals surface area contributed by atoms with Crippen molar-refractivity contribution in [1.82, 2.24) is 5.32 Å². The zero-order chi connectivity index (χ0) is 13.0. The summed E-state index contributed by atoms with van der Waals surface area (Å²) >= 11 is 0. The Labute approximate surface area is 108 Å². The lowest BCUT2D eigenvalue weighted by atomic mass is 10.1. The van der Waals surface area contributed by atoms with E-state index in [1.807, 2.05) is 24.3 Å². The summed E-state index contributed by atoms with van der Waals surface area (Å²) in [6.45, 7) is 0.684. The van der Waals surface area contributed by atoms with Gasteiger partial charge in [-0.05, 0) is 43.4 Å². The second-order valence-corrected chi connectivity index (χ2v) is 4.86. The van der Waals surface area contributed by atoms with Crippen molar-refractivity contribution in [2.24, 2.45) is 5.73 Å². The van der Waals surface area contributed by atoms with E-state index in [2.05, 4.69) is 5.32 Å². The van der Waals surface area contributed by atoms with Gasteiger partial charge in [-0.3, -0.25) is 4.79 Å². The molecule has 0 atom stereocenters. The van der Waals surface area contributed by atoms with E-state index in [0.717, 1.165) is 31.4 Å². The zero-order valence-corrected chi connectivity index (χ0v) is 10.7. The number of methoxy groups -OCH3 is 1. The van der Waals surface area contributed by atoms with Crippen LogP contribution in [0.3, 0.4) is 0 Å². The Morgan fingerprint density at radius 2 is 2.06 bits per heavy atom. The van der Waals surface area contributed by atoms with Crippen molar-refractivity contribution in [3.05, 3.63) is 29.8 Å². The third-order valence-corrected chi connectivity index (χ3v) is 3.33. The Balaban J connectivity index is 1.67. The summed E-state index contributed by atoms with van der Waals surface area (Å²) in [5.41, 5.74) is 6.48. The molecule has 1 saturated carbocycles. The van der Waals surface area contributed by atoms with Crippen LogP contribution in [0.1, 0.15) is 24.8 Å². The average molecular weight is 248 g/mol. The number of nitrogens with one attached hydrogen (secondary N) is 1. The van der Waals surface area contributed by atoms with Crippen LogP contribution >= 0.6 is 0 Å². The van der Waals surface area contributed by atoms with Gasteiger partial charge in [0.1, 0.15) is 5.75 Å². The Morgan fingerprint density at radius 3 is 2.61 bits per heavy atom. The minimum atomic E-state index is -0.555. The van der Waals surface area contributed by atoms with Gasteiger partial charge in [0.15, 0.2) is 0 Å². The first-order chi connectivity index (χ1) is 8.64. The molecule has 4 nitrogen and oxygen atoms in total. The van der Waals surface area contributed by atoms with Gasteiger partial charge in [0.25, 0.3) is 0 Å². The van der Waals surface area contributed by atoms with Crippen LogP contribution in [-0.2, 0) is 11.2 Å². The second-order valence-electron chi connectivity index (χ2n) is 4.86. The molecule has 0 bridgehead atoms. The summed E-state index contributed by atoms with van der Waals surface area (Å²) in [5.74, 6) is 0.864. The fourth-order valence-electron chi connectivity index (χ4n) is 1.82. The monoisotopic (exact) mass is 248 g/mol. The third-order valence-electron chi connectivity index (χ3n) is 3.33. The van der Waals surface area contributed by atoms with Crippen molar-refractivity contribution in [2.45, 2.75) is 31.2 Å². The van der Waals surface area contributed by atoms with Crippen LogP contribution in [0.25, 0.3) is 0 Å². The summed E-state index contributed by atoms with van der Waals surface area (Å²) in [6, 6.07) is 8.00. The molecule has 0 aliphatic heterocycles. The van der Waals surface area contributed by atoms with Crippen LogP contribution < -0.4 is 15.8 Å². The van der Waals surface area contributed by atoms with Gasteiger partial charge in [-0.15, -0.1) is 0 Å². The van der Waals surface area contributed by atoms with E-state index < -0.39 is 5.54 Å². The zero-order valence-electron chi connectivity index (χ0n) is 10.7. The van der Waals surface area contributed by atoms with Crippen LogP contribution in [0.4, 0.5) is 0 Å². The first kappa shape index (κ1) is 12.9. The lowest BCUT2D eigenvalue weighted by Crippen LogP contribution is -2.43. The number of hydrogen-bond acceptors (Lipinski definition) is 3. The summed E-state index contributed by atoms with van der Waals surface area (Å²) in [4.78, 5) is 11.6. The molecule has 0 aromatic heterocycles. The van der Waals surface area contributed by atoms with Crippen LogP contribution in [0.2, 0.25) is 0 Å². The number of ether oxygens (including phenoxy) is 1. The van der Waals surface area contributed by atoms with Gasteiger partial charge < -0.3 is 15.8 Å². The molecule has 0 heterocycles. The van der Waals surface area contributed by atoms with E-state index in [9.17, 15) is 4.79 Å². The molecule has 1 aliphatic carbocycles. The minimum Gasteiger partial charge on any atom is -0.497 e. The van der Waals surface area contributed by atoms with Gasteiger partial charge in [-0.25, -0.2) is 0 Å². The molecule has 0 spiro atoms. The highest BCUT2D eigenvalue weighted by molar-refractivity contribution is 5.88. The standard InChI is InChI=1S/C14H20N2O2/c1-18-12-6-4-11(5-7-12)3-2-10-16-13(17)14(15)8-9-14/h4-7H,2-3,8-10,15H2,1H3,(H,16,17). The van der Waals surface area contributed by atoms with Gasteiger partial charge in [0.05, 0.1) is 12.6 Å². The topological polar surface area (TPSA) is 64.3 Å². The highest BCUT2D eigenvalue weighted by atomic mass is 16.5. The SMILES string of the molecule is COc1ccc(CCCNC(=O)C2(N)CC2)cc1. The molecule has 4 heteroatoms. The van der Waals surface area contributed by atoms with Gasteiger partial charge >= 0.3 is 0 Å². The molecular weight excluding hydrogens is 228 g/mol. The maximum atomic E-state index is 11.6. The molecule has 1 aromatic carbocycles. The molecule has 1 amide bonds. The molecule has 0 unspecified atom stereocenters. The number of carbonyl (C=O) groups is 1. The number of hydrogen-bond donors (Lipinski definition) is 2. The maximum Gasteiger partial charge on any atom is 0.240 e. The quantitative estimate of drug-likeness (QED) is 0.744. The molecule has 1 aliphatic rings. The van der Waals surface area contributed by atoms with Crippen LogP contribution in [0.15, 0.2) is 24.3 Å². The molecule has 18 heavy (non-hydrogen) atoms. The fraction of sp³-hybridized carbons (Fsp3) is 0.500. The van der Waals surface area contributed by atoms with Gasteiger partial charge in [-0.2, -0.15) is 0 Å². The molecule has 2 rings (SSSR count). The van der Waals surface area contributed by atoms with Crippen LogP contribution in [-0.4, -0.2) is 25.1 Å². The molecule has 1 aromatic rings. The Bertz CT molecular complexity index is 410. The molecule has 98 valence electrons. The number of benzene rings is 1. The van der Waals surface area contributed by atoms with Crippen molar-refractivity contribution in [3.63, 3.8) is 0 Å². The Kier molecular flexibility index (Phi) is 3.87. The maximum absolute atomic E-state index is 11.6. The molecule has 1 fully saturated rings. The number of amides is 1. The lowest BCUT2D eigenvalue weighted by Gasteiger charge is -2.09. The predicted molar refractivity (Wildman–Crippen MR) is 70.5 cm³/mol. The Hall–Kier alpha value is -1.55. The van der Waals surface area contributed by atoms with E-state index in [-0.39, 0.29) is 5.91 Å². The van der Waals surface area contributed by atoms with E-state index in [1.54, 1.807) is 7.11 Å². The van der Waals surface area contributed by atoms with E-state index in [4.69, 9.17) is 10.5 Å². The van der Waals surface area contributed by atoms with E-state index in [1.165, 1.54) is 5.56 Å². The smallest absolute Gasteiger partial charge is 0.240 e.